The summed E-state index contributed by atoms with van der Waals surface area (Å²) in [7, 11) is 0. The number of aromatic amines is 1. The number of fused-ring (bicyclic) bond motifs is 2. The van der Waals surface area contributed by atoms with Crippen LogP contribution in [0.25, 0.3) is 21.3 Å². The van der Waals surface area contributed by atoms with Crippen molar-refractivity contribution in [3.8, 4) is 10.4 Å². The van der Waals surface area contributed by atoms with E-state index in [0.717, 1.165) is 25.8 Å². The monoisotopic (exact) mass is 380 g/mol. The van der Waals surface area contributed by atoms with Gasteiger partial charge in [-0.25, -0.2) is 4.79 Å². The number of carboxylic acid groups (broad SMARTS) is 1. The second kappa shape index (κ2) is 6.04. The van der Waals surface area contributed by atoms with Gasteiger partial charge in [-0.1, -0.05) is 0 Å². The van der Waals surface area contributed by atoms with Gasteiger partial charge in [-0.2, -0.15) is 0 Å². The lowest BCUT2D eigenvalue weighted by atomic mass is 9.96. The summed E-state index contributed by atoms with van der Waals surface area (Å²) in [6.07, 6.45) is 4.60. The van der Waals surface area contributed by atoms with Crippen LogP contribution in [-0.4, -0.2) is 22.6 Å². The van der Waals surface area contributed by atoms with E-state index >= 15 is 0 Å². The van der Waals surface area contributed by atoms with E-state index in [1.165, 1.54) is 32.6 Å². The average molecular weight is 380 g/mol. The molecular weight excluding hydrogens is 360 g/mol. The highest BCUT2D eigenvalue weighted by Crippen LogP contribution is 2.47. The lowest BCUT2D eigenvalue weighted by Gasteiger charge is -2.19. The smallest absolute Gasteiger partial charge is 0.341 e. The van der Waals surface area contributed by atoms with Crippen molar-refractivity contribution in [1.82, 2.24) is 10.3 Å². The summed E-state index contributed by atoms with van der Waals surface area (Å²) in [6, 6.07) is 6.61. The summed E-state index contributed by atoms with van der Waals surface area (Å²) >= 11 is 1.85. The molecule has 3 heterocycles. The van der Waals surface area contributed by atoms with Crippen molar-refractivity contribution in [2.24, 2.45) is 0 Å². The summed E-state index contributed by atoms with van der Waals surface area (Å²) in [4.78, 5) is 29.6. The van der Waals surface area contributed by atoms with Crippen molar-refractivity contribution in [2.75, 3.05) is 6.54 Å². The summed E-state index contributed by atoms with van der Waals surface area (Å²) in [5, 5.41) is 13.2. The van der Waals surface area contributed by atoms with Gasteiger partial charge < -0.3 is 15.4 Å². The van der Waals surface area contributed by atoms with Crippen LogP contribution in [-0.2, 0) is 6.42 Å². The number of benzene rings is 1. The molecule has 1 aromatic carbocycles. The van der Waals surface area contributed by atoms with Crippen molar-refractivity contribution in [3.63, 3.8) is 0 Å². The van der Waals surface area contributed by atoms with E-state index < -0.39 is 11.4 Å². The Bertz CT molecular complexity index is 1140. The molecule has 3 N–H and O–H groups in total. The Hall–Kier alpha value is -2.44. The van der Waals surface area contributed by atoms with E-state index in [2.05, 4.69) is 23.3 Å². The van der Waals surface area contributed by atoms with Gasteiger partial charge in [-0.3, -0.25) is 4.79 Å². The Labute approximate surface area is 160 Å². The number of hydrogen-bond acceptors (Lipinski definition) is 4. The highest BCUT2D eigenvalue weighted by Gasteiger charge is 2.29. The number of carbonyl (C=O) groups is 1. The number of H-pyrrole nitrogens is 1. The maximum Gasteiger partial charge on any atom is 0.341 e. The molecule has 5 nitrogen and oxygen atoms in total. The molecule has 1 unspecified atom stereocenters. The Kier molecular flexibility index (Phi) is 3.74. The number of nitrogens with one attached hydrogen (secondary N) is 2. The van der Waals surface area contributed by atoms with Crippen molar-refractivity contribution in [3.05, 3.63) is 56.2 Å². The number of aromatic carboxylic acids is 1. The van der Waals surface area contributed by atoms with E-state index in [1.807, 2.05) is 23.5 Å². The van der Waals surface area contributed by atoms with E-state index in [4.69, 9.17) is 0 Å². The third-order valence-corrected chi connectivity index (χ3v) is 6.92. The lowest BCUT2D eigenvalue weighted by molar-refractivity contribution is 0.0695. The average Bonchev–Trinajstić information content (AvgIpc) is 3.39. The van der Waals surface area contributed by atoms with Crippen LogP contribution in [0.3, 0.4) is 0 Å². The van der Waals surface area contributed by atoms with Crippen molar-refractivity contribution >= 4 is 28.2 Å². The molecule has 6 heteroatoms. The van der Waals surface area contributed by atoms with Crippen LogP contribution in [0.15, 0.2) is 29.2 Å². The molecule has 2 aliphatic rings. The Morgan fingerprint density at radius 2 is 2.04 bits per heavy atom. The largest absolute Gasteiger partial charge is 0.477 e. The first kappa shape index (κ1) is 16.7. The standard InChI is InChI=1S/C21H20N2O3S/c1-10-12-8-19(27-18(12)4-5-22-10)14-7-17-15(6-13(14)11-2-3-11)20(24)16(9-23-17)21(25)26/h6-11,22H,2-5H2,1H3,(H,23,24)(H,25,26). The molecule has 2 aromatic heterocycles. The molecule has 27 heavy (non-hydrogen) atoms. The second-order valence-electron chi connectivity index (χ2n) is 7.51. The number of rotatable bonds is 3. The van der Waals surface area contributed by atoms with Crippen LogP contribution in [0, 0.1) is 0 Å². The van der Waals surface area contributed by atoms with E-state index in [9.17, 15) is 14.7 Å². The van der Waals surface area contributed by atoms with Crippen molar-refractivity contribution < 1.29 is 9.90 Å². The Morgan fingerprint density at radius 3 is 2.74 bits per heavy atom. The first-order valence-electron chi connectivity index (χ1n) is 9.32. The van der Waals surface area contributed by atoms with Crippen LogP contribution in [0.4, 0.5) is 0 Å². The van der Waals surface area contributed by atoms with Gasteiger partial charge in [0.1, 0.15) is 5.56 Å². The minimum Gasteiger partial charge on any atom is -0.477 e. The SMILES string of the molecule is CC1NCCc2sc(-c3cc4[nH]cc(C(=O)O)c(=O)c4cc3C3CC3)cc21. The van der Waals surface area contributed by atoms with Crippen LogP contribution in [0.1, 0.15) is 58.1 Å². The van der Waals surface area contributed by atoms with Crippen LogP contribution in [0.5, 0.6) is 0 Å². The summed E-state index contributed by atoms with van der Waals surface area (Å²) < 4.78 is 0. The second-order valence-corrected chi connectivity index (χ2v) is 8.65. The van der Waals surface area contributed by atoms with Gasteiger partial charge in [0.05, 0.1) is 0 Å². The third-order valence-electron chi connectivity index (χ3n) is 5.67. The number of aromatic nitrogens is 1. The molecule has 138 valence electrons. The quantitative estimate of drug-likeness (QED) is 0.640. The molecule has 1 aliphatic heterocycles. The predicted molar refractivity (Wildman–Crippen MR) is 107 cm³/mol. The number of hydrogen-bond donors (Lipinski definition) is 3. The molecule has 0 radical (unpaired) electrons. The fraction of sp³-hybridized carbons (Fsp3) is 0.333. The normalized spacial score (nSPS) is 19.2. The van der Waals surface area contributed by atoms with Crippen molar-refractivity contribution in [1.29, 1.82) is 0 Å². The molecule has 0 saturated heterocycles. The van der Waals surface area contributed by atoms with Crippen LogP contribution in [0.2, 0.25) is 0 Å². The zero-order valence-electron chi connectivity index (χ0n) is 15.0. The number of pyridine rings is 1. The summed E-state index contributed by atoms with van der Waals surface area (Å²) in [5.41, 5.74) is 3.81. The molecule has 3 aromatic rings. The zero-order chi connectivity index (χ0) is 18.7. The first-order chi connectivity index (χ1) is 13.0. The number of carboxylic acids is 1. The van der Waals surface area contributed by atoms with Gasteiger partial charge in [-0.15, -0.1) is 11.3 Å². The Balaban J connectivity index is 1.73. The molecule has 5 rings (SSSR count). The van der Waals surface area contributed by atoms with Gasteiger partial charge in [0, 0.05) is 39.4 Å². The molecule has 1 saturated carbocycles. The van der Waals surface area contributed by atoms with Crippen LogP contribution >= 0.6 is 11.3 Å². The predicted octanol–water partition coefficient (Wildman–Crippen LogP) is 4.04. The van der Waals surface area contributed by atoms with E-state index in [1.54, 1.807) is 0 Å². The first-order valence-corrected chi connectivity index (χ1v) is 10.1. The molecule has 1 atom stereocenters. The van der Waals surface area contributed by atoms with Crippen molar-refractivity contribution in [2.45, 2.75) is 38.1 Å². The highest BCUT2D eigenvalue weighted by atomic mass is 32.1. The molecular formula is C21H20N2O3S. The minimum absolute atomic E-state index is 0.205. The van der Waals surface area contributed by atoms with E-state index in [-0.39, 0.29) is 5.56 Å². The highest BCUT2D eigenvalue weighted by molar-refractivity contribution is 7.15. The lowest BCUT2D eigenvalue weighted by Crippen LogP contribution is -2.26. The van der Waals surface area contributed by atoms with Gasteiger partial charge in [0.15, 0.2) is 0 Å². The molecule has 1 fully saturated rings. The Morgan fingerprint density at radius 1 is 1.22 bits per heavy atom. The third kappa shape index (κ3) is 2.71. The summed E-state index contributed by atoms with van der Waals surface area (Å²) in [6.45, 7) is 3.20. The molecule has 0 amide bonds. The van der Waals surface area contributed by atoms with Gasteiger partial charge >= 0.3 is 5.97 Å². The van der Waals surface area contributed by atoms with Gasteiger partial charge in [-0.05, 0) is 67.0 Å². The fourth-order valence-corrected chi connectivity index (χ4v) is 5.33. The maximum atomic E-state index is 12.6. The van der Waals surface area contributed by atoms with Crippen LogP contribution < -0.4 is 10.7 Å². The molecule has 0 spiro atoms. The van der Waals surface area contributed by atoms with Gasteiger partial charge in [0.2, 0.25) is 5.43 Å². The molecule has 0 bridgehead atoms. The zero-order valence-corrected chi connectivity index (χ0v) is 15.8. The topological polar surface area (TPSA) is 82.2 Å². The van der Waals surface area contributed by atoms with E-state index in [0.29, 0.717) is 22.9 Å². The van der Waals surface area contributed by atoms with Gasteiger partial charge in [0.25, 0.3) is 0 Å². The maximum absolute atomic E-state index is 12.6. The fourth-order valence-electron chi connectivity index (χ4n) is 4.04. The number of thiophene rings is 1. The molecule has 1 aliphatic carbocycles. The summed E-state index contributed by atoms with van der Waals surface area (Å²) in [5.74, 6) is -0.727. The minimum atomic E-state index is -1.19.